The van der Waals surface area contributed by atoms with Gasteiger partial charge in [-0.1, -0.05) is 0 Å². The first-order valence-electron chi connectivity index (χ1n) is 9.46. The molecule has 142 valence electrons. The molecule has 1 unspecified atom stereocenters. The zero-order valence-corrected chi connectivity index (χ0v) is 15.2. The zero-order chi connectivity index (χ0) is 18.9. The molecule has 1 aromatic carbocycles. The molecule has 1 spiro atoms. The molecule has 2 aromatic rings. The van der Waals surface area contributed by atoms with Crippen LogP contribution >= 0.6 is 0 Å². The number of benzene rings is 1. The number of carbonyl (C=O) groups excluding carboxylic acids is 1. The molecule has 0 N–H and O–H groups in total. The smallest absolute Gasteiger partial charge is 0.234 e. The predicted octanol–water partition coefficient (Wildman–Crippen LogP) is 3.77. The average molecular weight is 371 g/mol. The second-order valence-electron chi connectivity index (χ2n) is 7.60. The van der Waals surface area contributed by atoms with Crippen LogP contribution in [0.5, 0.6) is 0 Å². The molecule has 2 aliphatic rings. The molecule has 1 aromatic heterocycles. The van der Waals surface area contributed by atoms with Crippen molar-refractivity contribution in [3.63, 3.8) is 0 Å². The lowest BCUT2D eigenvalue weighted by Crippen LogP contribution is -2.56. The third-order valence-electron chi connectivity index (χ3n) is 5.78. The van der Waals surface area contributed by atoms with E-state index in [9.17, 15) is 13.6 Å². The second-order valence-corrected chi connectivity index (χ2v) is 7.60. The number of hydrogen-bond acceptors (Lipinski definition) is 3. The number of hydrogen-bond donors (Lipinski definition) is 0. The van der Waals surface area contributed by atoms with Gasteiger partial charge in [-0.2, -0.15) is 0 Å². The Morgan fingerprint density at radius 1 is 1.04 bits per heavy atom. The highest BCUT2D eigenvalue weighted by molar-refractivity contribution is 5.98. The topological polar surface area (TPSA) is 36.4 Å². The van der Waals surface area contributed by atoms with E-state index >= 15 is 0 Å². The number of pyridine rings is 1. The van der Waals surface area contributed by atoms with E-state index in [-0.39, 0.29) is 17.5 Å². The van der Waals surface area contributed by atoms with Gasteiger partial charge in [0, 0.05) is 37.1 Å². The molecular formula is C21H23F2N3O. The molecule has 6 heteroatoms. The molecule has 0 radical (unpaired) electrons. The molecule has 2 saturated heterocycles. The van der Waals surface area contributed by atoms with Gasteiger partial charge in [-0.25, -0.2) is 8.78 Å². The summed E-state index contributed by atoms with van der Waals surface area (Å²) in [6.07, 6.45) is 6.35. The summed E-state index contributed by atoms with van der Waals surface area (Å²) < 4.78 is 27.2. The van der Waals surface area contributed by atoms with Gasteiger partial charge in [0.1, 0.15) is 11.6 Å². The Morgan fingerprint density at radius 2 is 1.78 bits per heavy atom. The highest BCUT2D eigenvalue weighted by atomic mass is 19.1. The van der Waals surface area contributed by atoms with Gasteiger partial charge < -0.3 is 4.90 Å². The van der Waals surface area contributed by atoms with Crippen molar-refractivity contribution in [1.82, 2.24) is 9.88 Å². The summed E-state index contributed by atoms with van der Waals surface area (Å²) in [5, 5.41) is 0. The van der Waals surface area contributed by atoms with Crippen molar-refractivity contribution in [3.8, 4) is 0 Å². The molecule has 4 nitrogen and oxygen atoms in total. The summed E-state index contributed by atoms with van der Waals surface area (Å²) in [7, 11) is 0. The number of halogens is 2. The summed E-state index contributed by atoms with van der Waals surface area (Å²) in [5.41, 5.74) is 0.924. The van der Waals surface area contributed by atoms with E-state index in [4.69, 9.17) is 0 Å². The second kappa shape index (κ2) is 7.35. The van der Waals surface area contributed by atoms with Gasteiger partial charge in [-0.3, -0.25) is 14.7 Å². The number of likely N-dealkylation sites (tertiary alicyclic amines) is 1. The first kappa shape index (κ1) is 18.0. The molecule has 3 heterocycles. The quantitative estimate of drug-likeness (QED) is 0.824. The van der Waals surface area contributed by atoms with E-state index in [2.05, 4.69) is 9.88 Å². The van der Waals surface area contributed by atoms with Gasteiger partial charge in [0.2, 0.25) is 5.91 Å². The Hall–Kier alpha value is -2.34. The summed E-state index contributed by atoms with van der Waals surface area (Å²) in [6, 6.07) is 7.81. The average Bonchev–Trinajstić information content (AvgIpc) is 2.67. The van der Waals surface area contributed by atoms with Gasteiger partial charge in [-0.05, 0) is 62.6 Å². The summed E-state index contributed by atoms with van der Waals surface area (Å²) in [5.74, 6) is -0.499. The van der Waals surface area contributed by atoms with Crippen LogP contribution in [0.4, 0.5) is 14.5 Å². The van der Waals surface area contributed by atoms with Crippen molar-refractivity contribution in [3.05, 3.63) is 59.9 Å². The van der Waals surface area contributed by atoms with E-state index in [0.717, 1.165) is 37.9 Å². The van der Waals surface area contributed by atoms with Crippen molar-refractivity contribution in [2.75, 3.05) is 24.5 Å². The molecule has 1 amide bonds. The van der Waals surface area contributed by atoms with Gasteiger partial charge in [0.25, 0.3) is 0 Å². The maximum Gasteiger partial charge on any atom is 0.234 e. The van der Waals surface area contributed by atoms with Gasteiger partial charge in [0.15, 0.2) is 0 Å². The van der Waals surface area contributed by atoms with Crippen LogP contribution in [-0.2, 0) is 11.3 Å². The Kier molecular flexibility index (Phi) is 4.91. The normalized spacial score (nSPS) is 23.8. The summed E-state index contributed by atoms with van der Waals surface area (Å²) in [6.45, 7) is 2.63. The fraction of sp³-hybridized carbons (Fsp3) is 0.429. The molecule has 4 rings (SSSR count). The molecule has 0 saturated carbocycles. The fourth-order valence-corrected chi connectivity index (χ4v) is 4.45. The molecule has 2 fully saturated rings. The maximum atomic E-state index is 14.0. The number of carbonyl (C=O) groups is 1. The first-order valence-corrected chi connectivity index (χ1v) is 9.46. The lowest BCUT2D eigenvalue weighted by molar-refractivity contribution is -0.134. The number of amides is 1. The van der Waals surface area contributed by atoms with Crippen LogP contribution in [0.1, 0.15) is 31.2 Å². The number of anilines is 1. The zero-order valence-electron chi connectivity index (χ0n) is 15.2. The van der Waals surface area contributed by atoms with E-state index < -0.39 is 5.41 Å². The molecule has 1 atom stereocenters. The van der Waals surface area contributed by atoms with Crippen molar-refractivity contribution < 1.29 is 13.6 Å². The minimum Gasteiger partial charge on any atom is -0.312 e. The van der Waals surface area contributed by atoms with Crippen LogP contribution in [0.3, 0.4) is 0 Å². The van der Waals surface area contributed by atoms with Crippen LogP contribution in [0.25, 0.3) is 0 Å². The van der Waals surface area contributed by atoms with Crippen molar-refractivity contribution in [1.29, 1.82) is 0 Å². The van der Waals surface area contributed by atoms with E-state index in [1.807, 2.05) is 0 Å². The fourth-order valence-electron chi connectivity index (χ4n) is 4.45. The Morgan fingerprint density at radius 3 is 2.52 bits per heavy atom. The third-order valence-corrected chi connectivity index (χ3v) is 5.78. The van der Waals surface area contributed by atoms with Gasteiger partial charge >= 0.3 is 0 Å². The van der Waals surface area contributed by atoms with Crippen LogP contribution in [0.2, 0.25) is 0 Å². The standard InChI is InChI=1S/C21H23F2N3O/c22-17-3-5-18(6-4-17)26-12-2-9-21(20(26)27)8-1-11-25(15-21)14-16-7-10-24-13-19(16)23/h3-7,10,13H,1-2,8-9,11-12,14-15H2. The Labute approximate surface area is 157 Å². The predicted molar refractivity (Wildman–Crippen MR) is 99.1 cm³/mol. The van der Waals surface area contributed by atoms with Crippen LogP contribution in [0.15, 0.2) is 42.7 Å². The maximum absolute atomic E-state index is 14.0. The molecule has 0 aliphatic carbocycles. The minimum atomic E-state index is -0.436. The molecule has 27 heavy (non-hydrogen) atoms. The van der Waals surface area contributed by atoms with Crippen LogP contribution < -0.4 is 4.90 Å². The van der Waals surface area contributed by atoms with Gasteiger partial charge in [-0.15, -0.1) is 0 Å². The molecule has 0 bridgehead atoms. The monoisotopic (exact) mass is 371 g/mol. The van der Waals surface area contributed by atoms with Crippen molar-refractivity contribution >= 4 is 11.6 Å². The number of nitrogens with zero attached hydrogens (tertiary/aromatic N) is 3. The Balaban J connectivity index is 1.53. The largest absolute Gasteiger partial charge is 0.312 e. The van der Waals surface area contributed by atoms with Crippen molar-refractivity contribution in [2.24, 2.45) is 5.41 Å². The van der Waals surface area contributed by atoms with Crippen LogP contribution in [0, 0.1) is 17.0 Å². The highest BCUT2D eigenvalue weighted by Crippen LogP contribution is 2.41. The number of aromatic nitrogens is 1. The third kappa shape index (κ3) is 3.58. The minimum absolute atomic E-state index is 0.111. The molecule has 2 aliphatic heterocycles. The van der Waals surface area contributed by atoms with E-state index in [0.29, 0.717) is 25.2 Å². The van der Waals surface area contributed by atoms with E-state index in [1.165, 1.54) is 18.3 Å². The number of rotatable bonds is 3. The molecular weight excluding hydrogens is 348 g/mol. The van der Waals surface area contributed by atoms with Gasteiger partial charge in [0.05, 0.1) is 11.6 Å². The van der Waals surface area contributed by atoms with E-state index in [1.54, 1.807) is 29.3 Å². The SMILES string of the molecule is O=C1N(c2ccc(F)cc2)CCCC12CCCN(Cc1ccncc1F)C2. The van der Waals surface area contributed by atoms with Crippen molar-refractivity contribution in [2.45, 2.75) is 32.2 Å². The lowest BCUT2D eigenvalue weighted by Gasteiger charge is -2.47. The number of piperidine rings is 2. The highest BCUT2D eigenvalue weighted by Gasteiger charge is 2.46. The summed E-state index contributed by atoms with van der Waals surface area (Å²) in [4.78, 5) is 21.1. The first-order chi connectivity index (χ1) is 13.1. The Bertz CT molecular complexity index is 822. The van der Waals surface area contributed by atoms with Crippen LogP contribution in [-0.4, -0.2) is 35.4 Å². The summed E-state index contributed by atoms with van der Waals surface area (Å²) >= 11 is 0. The lowest BCUT2D eigenvalue weighted by atomic mass is 9.72.